The minimum atomic E-state index is 0.133. The SMILES string of the molecule is Cc1cc(-c2cc3cc(-c4ccccc4)sc3cn2)cc(C(C)(C)C)c1. The van der Waals surface area contributed by atoms with E-state index in [1.165, 1.54) is 37.2 Å². The molecular formula is C24H23NS. The van der Waals surface area contributed by atoms with E-state index in [-0.39, 0.29) is 5.41 Å². The van der Waals surface area contributed by atoms with Crippen molar-refractivity contribution in [3.05, 3.63) is 78.0 Å². The van der Waals surface area contributed by atoms with Crippen LogP contribution in [0.3, 0.4) is 0 Å². The van der Waals surface area contributed by atoms with E-state index in [4.69, 9.17) is 4.98 Å². The van der Waals surface area contributed by atoms with Gasteiger partial charge in [0.25, 0.3) is 0 Å². The topological polar surface area (TPSA) is 12.9 Å². The van der Waals surface area contributed by atoms with Crippen LogP contribution < -0.4 is 0 Å². The highest BCUT2D eigenvalue weighted by atomic mass is 32.1. The lowest BCUT2D eigenvalue weighted by Gasteiger charge is -2.20. The smallest absolute Gasteiger partial charge is 0.0709 e. The summed E-state index contributed by atoms with van der Waals surface area (Å²) in [7, 11) is 0. The van der Waals surface area contributed by atoms with Gasteiger partial charge in [-0.15, -0.1) is 11.3 Å². The highest BCUT2D eigenvalue weighted by molar-refractivity contribution is 7.22. The summed E-state index contributed by atoms with van der Waals surface area (Å²) < 4.78 is 1.23. The van der Waals surface area contributed by atoms with E-state index >= 15 is 0 Å². The van der Waals surface area contributed by atoms with Crippen molar-refractivity contribution in [2.24, 2.45) is 0 Å². The Morgan fingerprint density at radius 3 is 2.35 bits per heavy atom. The Hall–Kier alpha value is -2.45. The third-order valence-corrected chi connectivity index (χ3v) is 5.84. The highest BCUT2D eigenvalue weighted by Gasteiger charge is 2.16. The second-order valence-corrected chi connectivity index (χ2v) is 9.01. The van der Waals surface area contributed by atoms with Gasteiger partial charge in [-0.2, -0.15) is 0 Å². The number of hydrogen-bond donors (Lipinski definition) is 0. The molecule has 0 N–H and O–H groups in total. The van der Waals surface area contributed by atoms with Crippen LogP contribution in [0.25, 0.3) is 31.8 Å². The molecule has 0 spiro atoms. The number of nitrogens with zero attached hydrogens (tertiary/aromatic N) is 1. The fourth-order valence-electron chi connectivity index (χ4n) is 3.21. The van der Waals surface area contributed by atoms with Crippen LogP contribution in [0.5, 0.6) is 0 Å². The molecule has 2 aromatic carbocycles. The van der Waals surface area contributed by atoms with Crippen LogP contribution in [-0.4, -0.2) is 4.98 Å². The first-order chi connectivity index (χ1) is 12.4. The van der Waals surface area contributed by atoms with Gasteiger partial charge in [0.15, 0.2) is 0 Å². The Balaban J connectivity index is 1.80. The number of hydrogen-bond acceptors (Lipinski definition) is 2. The summed E-state index contributed by atoms with van der Waals surface area (Å²) in [6.07, 6.45) is 2.01. The van der Waals surface area contributed by atoms with Crippen LogP contribution in [0.2, 0.25) is 0 Å². The molecule has 0 saturated carbocycles. The van der Waals surface area contributed by atoms with Crippen LogP contribution in [0, 0.1) is 6.92 Å². The molecule has 4 rings (SSSR count). The van der Waals surface area contributed by atoms with Crippen LogP contribution >= 0.6 is 11.3 Å². The van der Waals surface area contributed by atoms with E-state index in [0.717, 1.165) is 5.69 Å². The van der Waals surface area contributed by atoms with Gasteiger partial charge in [0.1, 0.15) is 0 Å². The van der Waals surface area contributed by atoms with E-state index in [9.17, 15) is 0 Å². The summed E-state index contributed by atoms with van der Waals surface area (Å²) in [5.74, 6) is 0. The quantitative estimate of drug-likeness (QED) is 0.368. The molecule has 0 fully saturated rings. The summed E-state index contributed by atoms with van der Waals surface area (Å²) in [4.78, 5) is 6.05. The van der Waals surface area contributed by atoms with E-state index in [1.54, 1.807) is 11.3 Å². The van der Waals surface area contributed by atoms with Crippen LogP contribution in [0.15, 0.2) is 66.9 Å². The van der Waals surface area contributed by atoms with Gasteiger partial charge in [-0.1, -0.05) is 62.7 Å². The Bertz CT molecular complexity index is 1070. The second kappa shape index (κ2) is 6.37. The van der Waals surface area contributed by atoms with Crippen molar-refractivity contribution in [3.63, 3.8) is 0 Å². The van der Waals surface area contributed by atoms with Crippen molar-refractivity contribution in [2.45, 2.75) is 33.1 Å². The Kier molecular flexibility index (Phi) is 4.16. The molecule has 0 radical (unpaired) electrons. The molecule has 2 heteroatoms. The van der Waals surface area contributed by atoms with E-state index in [1.807, 2.05) is 6.20 Å². The highest BCUT2D eigenvalue weighted by Crippen LogP contribution is 2.35. The first-order valence-corrected chi connectivity index (χ1v) is 9.79. The van der Waals surface area contributed by atoms with Gasteiger partial charge in [-0.05, 0) is 53.1 Å². The molecule has 1 nitrogen and oxygen atoms in total. The minimum Gasteiger partial charge on any atom is -0.255 e. The van der Waals surface area contributed by atoms with Gasteiger partial charge >= 0.3 is 0 Å². The zero-order valence-corrected chi connectivity index (χ0v) is 16.5. The molecule has 2 heterocycles. The molecule has 0 unspecified atom stereocenters. The maximum Gasteiger partial charge on any atom is 0.0709 e. The summed E-state index contributed by atoms with van der Waals surface area (Å²) in [5.41, 5.74) is 6.27. The number of aryl methyl sites for hydroxylation is 1. The predicted molar refractivity (Wildman–Crippen MR) is 114 cm³/mol. The van der Waals surface area contributed by atoms with Gasteiger partial charge in [-0.25, -0.2) is 0 Å². The number of aromatic nitrogens is 1. The molecule has 0 saturated heterocycles. The largest absolute Gasteiger partial charge is 0.255 e. The summed E-state index contributed by atoms with van der Waals surface area (Å²) in [6, 6.07) is 21.8. The van der Waals surface area contributed by atoms with Crippen LogP contribution in [-0.2, 0) is 5.41 Å². The first-order valence-electron chi connectivity index (χ1n) is 8.98. The lowest BCUT2D eigenvalue weighted by atomic mass is 9.85. The molecule has 0 aliphatic carbocycles. The molecule has 4 aromatic rings. The molecule has 0 atom stereocenters. The third kappa shape index (κ3) is 3.30. The fourth-order valence-corrected chi connectivity index (χ4v) is 4.23. The van der Waals surface area contributed by atoms with Crippen LogP contribution in [0.4, 0.5) is 0 Å². The van der Waals surface area contributed by atoms with Crippen molar-refractivity contribution in [1.29, 1.82) is 0 Å². The average molecular weight is 358 g/mol. The summed E-state index contributed by atoms with van der Waals surface area (Å²) in [6.45, 7) is 8.93. The molecule has 0 aliphatic rings. The van der Waals surface area contributed by atoms with Gasteiger partial charge < -0.3 is 0 Å². The number of pyridine rings is 1. The van der Waals surface area contributed by atoms with Crippen molar-refractivity contribution in [3.8, 4) is 21.7 Å². The van der Waals surface area contributed by atoms with Gasteiger partial charge in [0.2, 0.25) is 0 Å². The minimum absolute atomic E-state index is 0.133. The molecule has 0 bridgehead atoms. The maximum absolute atomic E-state index is 4.76. The lowest BCUT2D eigenvalue weighted by molar-refractivity contribution is 0.590. The molecule has 2 aromatic heterocycles. The normalized spacial score (nSPS) is 11.8. The lowest BCUT2D eigenvalue weighted by Crippen LogP contribution is -2.11. The van der Waals surface area contributed by atoms with E-state index in [2.05, 4.69) is 88.4 Å². The summed E-state index contributed by atoms with van der Waals surface area (Å²) >= 11 is 1.80. The molecule has 0 amide bonds. The van der Waals surface area contributed by atoms with Crippen LogP contribution in [0.1, 0.15) is 31.9 Å². The summed E-state index contributed by atoms with van der Waals surface area (Å²) in [5, 5.41) is 1.26. The predicted octanol–water partition coefficient (Wildman–Crippen LogP) is 7.24. The second-order valence-electron chi connectivity index (χ2n) is 7.92. The number of rotatable bonds is 2. The van der Waals surface area contributed by atoms with Crippen molar-refractivity contribution in [1.82, 2.24) is 4.98 Å². The van der Waals surface area contributed by atoms with Crippen molar-refractivity contribution < 1.29 is 0 Å². The van der Waals surface area contributed by atoms with E-state index in [0.29, 0.717) is 0 Å². The standard InChI is InChI=1S/C24H23NS/c1-16-10-18(12-20(11-16)24(2,3)4)21-13-19-14-22(26-23(19)15-25-21)17-8-6-5-7-9-17/h5-15H,1-4H3. The zero-order valence-electron chi connectivity index (χ0n) is 15.7. The molecule has 0 aliphatic heterocycles. The molecule has 26 heavy (non-hydrogen) atoms. The Morgan fingerprint density at radius 1 is 0.846 bits per heavy atom. The third-order valence-electron chi connectivity index (χ3n) is 4.70. The van der Waals surface area contributed by atoms with Gasteiger partial charge in [0.05, 0.1) is 10.4 Å². The zero-order chi connectivity index (χ0) is 18.3. The van der Waals surface area contributed by atoms with Crippen molar-refractivity contribution in [2.75, 3.05) is 0 Å². The van der Waals surface area contributed by atoms with E-state index < -0.39 is 0 Å². The Morgan fingerprint density at radius 2 is 1.62 bits per heavy atom. The van der Waals surface area contributed by atoms with Gasteiger partial charge in [0, 0.05) is 16.6 Å². The van der Waals surface area contributed by atoms with Gasteiger partial charge in [-0.3, -0.25) is 4.98 Å². The monoisotopic (exact) mass is 357 g/mol. The first kappa shape index (κ1) is 17.0. The fraction of sp³-hybridized carbons (Fsp3) is 0.208. The maximum atomic E-state index is 4.76. The number of thiophene rings is 1. The Labute approximate surface area is 159 Å². The average Bonchev–Trinajstić information content (AvgIpc) is 3.04. The molecule has 130 valence electrons. The number of fused-ring (bicyclic) bond motifs is 1. The number of benzene rings is 2. The van der Waals surface area contributed by atoms with Crippen molar-refractivity contribution >= 4 is 21.4 Å². The molecular weight excluding hydrogens is 334 g/mol.